The highest BCUT2D eigenvalue weighted by Gasteiger charge is 2.30. The van der Waals surface area contributed by atoms with Crippen molar-refractivity contribution in [2.24, 2.45) is 0 Å². The molecule has 0 amide bonds. The fourth-order valence-electron chi connectivity index (χ4n) is 2.04. The summed E-state index contributed by atoms with van der Waals surface area (Å²) in [6.07, 6.45) is 0.830. The van der Waals surface area contributed by atoms with E-state index < -0.39 is 0 Å². The summed E-state index contributed by atoms with van der Waals surface area (Å²) in [4.78, 5) is 11.3. The van der Waals surface area contributed by atoms with Crippen molar-refractivity contribution in [3.8, 4) is 0 Å². The first kappa shape index (κ1) is 10.2. The molecule has 15 heavy (non-hydrogen) atoms. The zero-order chi connectivity index (χ0) is 10.7. The molecule has 0 aromatic heterocycles. The van der Waals surface area contributed by atoms with Gasteiger partial charge in [0, 0.05) is 6.54 Å². The second-order valence-corrected chi connectivity index (χ2v) is 3.83. The van der Waals surface area contributed by atoms with Crippen LogP contribution in [0.5, 0.6) is 0 Å². The third-order valence-electron chi connectivity index (χ3n) is 2.89. The van der Waals surface area contributed by atoms with E-state index in [0.717, 1.165) is 13.0 Å². The maximum absolute atomic E-state index is 11.3. The van der Waals surface area contributed by atoms with E-state index in [4.69, 9.17) is 4.74 Å². The first-order valence-electron chi connectivity index (χ1n) is 5.17. The minimum Gasteiger partial charge on any atom is -0.468 e. The fourth-order valence-corrected chi connectivity index (χ4v) is 2.04. The molecule has 1 saturated heterocycles. The number of methoxy groups -OCH3 is 1. The Morgan fingerprint density at radius 2 is 2.13 bits per heavy atom. The van der Waals surface area contributed by atoms with Crippen LogP contribution in [0.4, 0.5) is 0 Å². The monoisotopic (exact) mass is 205 g/mol. The Balaban J connectivity index is 2.02. The fraction of sp³-hybridized carbons (Fsp3) is 0.417. The van der Waals surface area contributed by atoms with Crippen LogP contribution in [0.25, 0.3) is 0 Å². The second-order valence-electron chi connectivity index (χ2n) is 3.83. The Hall–Kier alpha value is -1.35. The van der Waals surface area contributed by atoms with E-state index >= 15 is 0 Å². The van der Waals surface area contributed by atoms with Gasteiger partial charge in [0.15, 0.2) is 0 Å². The third-order valence-corrected chi connectivity index (χ3v) is 2.89. The van der Waals surface area contributed by atoms with E-state index in [9.17, 15) is 4.79 Å². The lowest BCUT2D eigenvalue weighted by atomic mass is 9.96. The van der Waals surface area contributed by atoms with Gasteiger partial charge in [-0.1, -0.05) is 30.3 Å². The highest BCUT2D eigenvalue weighted by molar-refractivity contribution is 5.76. The summed E-state index contributed by atoms with van der Waals surface area (Å²) >= 11 is 0. The standard InChI is InChI=1S/C12H15NO2/c1-15-12(14)11-7-10(8-13-11)9-5-3-2-4-6-9/h2-6,10-11,13H,7-8H2,1H3. The molecule has 1 heterocycles. The molecule has 2 unspecified atom stereocenters. The van der Waals surface area contributed by atoms with Crippen LogP contribution < -0.4 is 5.32 Å². The molecule has 2 rings (SSSR count). The van der Waals surface area contributed by atoms with Crippen molar-refractivity contribution in [3.05, 3.63) is 35.9 Å². The van der Waals surface area contributed by atoms with Crippen LogP contribution in [0.3, 0.4) is 0 Å². The van der Waals surface area contributed by atoms with E-state index in [1.165, 1.54) is 12.7 Å². The molecule has 0 spiro atoms. The Labute approximate surface area is 89.4 Å². The van der Waals surface area contributed by atoms with Crippen molar-refractivity contribution in [2.75, 3.05) is 13.7 Å². The van der Waals surface area contributed by atoms with Crippen LogP contribution in [-0.2, 0) is 9.53 Å². The summed E-state index contributed by atoms with van der Waals surface area (Å²) in [5, 5.41) is 3.18. The van der Waals surface area contributed by atoms with E-state index in [-0.39, 0.29) is 12.0 Å². The number of rotatable bonds is 2. The first-order valence-corrected chi connectivity index (χ1v) is 5.17. The molecule has 80 valence electrons. The predicted molar refractivity (Wildman–Crippen MR) is 57.6 cm³/mol. The van der Waals surface area contributed by atoms with Gasteiger partial charge in [-0.05, 0) is 17.9 Å². The first-order chi connectivity index (χ1) is 7.31. The summed E-state index contributed by atoms with van der Waals surface area (Å²) in [6.45, 7) is 0.851. The molecule has 0 aliphatic carbocycles. The molecule has 0 bridgehead atoms. The molecule has 1 N–H and O–H groups in total. The maximum Gasteiger partial charge on any atom is 0.322 e. The highest BCUT2D eigenvalue weighted by atomic mass is 16.5. The van der Waals surface area contributed by atoms with Crippen molar-refractivity contribution < 1.29 is 9.53 Å². The minimum atomic E-state index is -0.159. The number of ether oxygens (including phenoxy) is 1. The van der Waals surface area contributed by atoms with Crippen molar-refractivity contribution in [1.29, 1.82) is 0 Å². The van der Waals surface area contributed by atoms with Crippen molar-refractivity contribution in [3.63, 3.8) is 0 Å². The Kier molecular flexibility index (Phi) is 3.02. The molecule has 1 aliphatic heterocycles. The molecular weight excluding hydrogens is 190 g/mol. The summed E-state index contributed by atoms with van der Waals surface area (Å²) < 4.78 is 4.72. The largest absolute Gasteiger partial charge is 0.468 e. The van der Waals surface area contributed by atoms with E-state index in [1.807, 2.05) is 18.2 Å². The van der Waals surface area contributed by atoms with Gasteiger partial charge >= 0.3 is 5.97 Å². The molecule has 2 atom stereocenters. The SMILES string of the molecule is COC(=O)C1CC(c2ccccc2)CN1. The van der Waals surface area contributed by atoms with Crippen LogP contribution in [-0.4, -0.2) is 25.7 Å². The molecular formula is C12H15NO2. The van der Waals surface area contributed by atoms with Crippen LogP contribution in [0.1, 0.15) is 17.9 Å². The third kappa shape index (κ3) is 2.18. The van der Waals surface area contributed by atoms with Gasteiger partial charge in [-0.25, -0.2) is 0 Å². The minimum absolute atomic E-state index is 0.139. The van der Waals surface area contributed by atoms with Gasteiger partial charge in [0.05, 0.1) is 7.11 Å². The zero-order valence-electron chi connectivity index (χ0n) is 8.77. The topological polar surface area (TPSA) is 38.3 Å². The molecule has 3 heteroatoms. The van der Waals surface area contributed by atoms with Crippen LogP contribution >= 0.6 is 0 Å². The van der Waals surface area contributed by atoms with Gasteiger partial charge < -0.3 is 10.1 Å². The molecule has 3 nitrogen and oxygen atoms in total. The molecule has 1 aromatic carbocycles. The average molecular weight is 205 g/mol. The van der Waals surface area contributed by atoms with Crippen LogP contribution in [0.2, 0.25) is 0 Å². The summed E-state index contributed by atoms with van der Waals surface area (Å²) in [6, 6.07) is 10.1. The lowest BCUT2D eigenvalue weighted by Crippen LogP contribution is -2.31. The van der Waals surface area contributed by atoms with Crippen LogP contribution in [0.15, 0.2) is 30.3 Å². The van der Waals surface area contributed by atoms with Gasteiger partial charge in [-0.15, -0.1) is 0 Å². The number of hydrogen-bond acceptors (Lipinski definition) is 3. The van der Waals surface area contributed by atoms with Gasteiger partial charge in [-0.2, -0.15) is 0 Å². The number of esters is 1. The summed E-state index contributed by atoms with van der Waals surface area (Å²) in [5.74, 6) is 0.267. The molecule has 0 radical (unpaired) electrons. The summed E-state index contributed by atoms with van der Waals surface area (Å²) in [5.41, 5.74) is 1.29. The van der Waals surface area contributed by atoms with Crippen molar-refractivity contribution >= 4 is 5.97 Å². The van der Waals surface area contributed by atoms with E-state index in [0.29, 0.717) is 5.92 Å². The highest BCUT2D eigenvalue weighted by Crippen LogP contribution is 2.25. The quantitative estimate of drug-likeness (QED) is 0.740. The second kappa shape index (κ2) is 4.45. The smallest absolute Gasteiger partial charge is 0.322 e. The number of benzene rings is 1. The molecule has 1 aromatic rings. The number of hydrogen-bond donors (Lipinski definition) is 1. The van der Waals surface area contributed by atoms with Gasteiger partial charge in [0.25, 0.3) is 0 Å². The number of carbonyl (C=O) groups excluding carboxylic acids is 1. The maximum atomic E-state index is 11.3. The van der Waals surface area contributed by atoms with Crippen molar-refractivity contribution in [1.82, 2.24) is 5.32 Å². The normalized spacial score (nSPS) is 25.1. The van der Waals surface area contributed by atoms with Gasteiger partial charge in [0.2, 0.25) is 0 Å². The Morgan fingerprint density at radius 3 is 2.80 bits per heavy atom. The predicted octanol–water partition coefficient (Wildman–Crippen LogP) is 1.31. The Morgan fingerprint density at radius 1 is 1.40 bits per heavy atom. The lowest BCUT2D eigenvalue weighted by molar-refractivity contribution is -0.142. The molecule has 1 fully saturated rings. The zero-order valence-corrected chi connectivity index (χ0v) is 8.77. The van der Waals surface area contributed by atoms with E-state index in [1.54, 1.807) is 0 Å². The number of carbonyl (C=O) groups is 1. The molecule has 1 aliphatic rings. The average Bonchev–Trinajstić information content (AvgIpc) is 2.78. The number of nitrogens with one attached hydrogen (secondary N) is 1. The van der Waals surface area contributed by atoms with Gasteiger partial charge in [0.1, 0.15) is 6.04 Å². The van der Waals surface area contributed by atoms with Crippen molar-refractivity contribution in [2.45, 2.75) is 18.4 Å². The Bertz CT molecular complexity index is 337. The van der Waals surface area contributed by atoms with Crippen LogP contribution in [0, 0.1) is 0 Å². The molecule has 0 saturated carbocycles. The lowest BCUT2D eigenvalue weighted by Gasteiger charge is -2.08. The van der Waals surface area contributed by atoms with E-state index in [2.05, 4.69) is 17.4 Å². The summed E-state index contributed by atoms with van der Waals surface area (Å²) in [7, 11) is 1.43. The van der Waals surface area contributed by atoms with Gasteiger partial charge in [-0.3, -0.25) is 4.79 Å².